The summed E-state index contributed by atoms with van der Waals surface area (Å²) >= 11 is 0. The summed E-state index contributed by atoms with van der Waals surface area (Å²) in [5.74, 6) is -1.05. The Hall–Kier alpha value is -1.84. The molecule has 0 aliphatic carbocycles. The molecule has 1 aromatic rings. The third kappa shape index (κ3) is 4.26. The monoisotopic (exact) mass is 237 g/mol. The fraction of sp³-hybridized carbons (Fsp3) is 0.308. The molecular formula is C13H16FNO2. The molecule has 92 valence electrons. The minimum atomic E-state index is -0.560. The Bertz CT molecular complexity index is 447. The van der Waals surface area contributed by atoms with Crippen molar-refractivity contribution in [2.24, 2.45) is 0 Å². The molecule has 0 bridgehead atoms. The zero-order valence-corrected chi connectivity index (χ0v) is 10.2. The van der Waals surface area contributed by atoms with E-state index in [-0.39, 0.29) is 11.3 Å². The Morgan fingerprint density at radius 3 is 2.65 bits per heavy atom. The highest BCUT2D eigenvalue weighted by molar-refractivity contribution is 5.87. The fourth-order valence-electron chi connectivity index (χ4n) is 1.19. The summed E-state index contributed by atoms with van der Waals surface area (Å²) in [7, 11) is 0. The van der Waals surface area contributed by atoms with Gasteiger partial charge in [-0.2, -0.15) is 0 Å². The first-order chi connectivity index (χ1) is 7.79. The lowest BCUT2D eigenvalue weighted by atomic mass is 10.1. The second kappa shape index (κ2) is 4.99. The van der Waals surface area contributed by atoms with Gasteiger partial charge in [-0.3, -0.25) is 0 Å². The molecule has 4 heteroatoms. The van der Waals surface area contributed by atoms with Crippen LogP contribution < -0.4 is 5.73 Å². The Labute approximate surface area is 100 Å². The van der Waals surface area contributed by atoms with E-state index in [1.165, 1.54) is 24.3 Å². The van der Waals surface area contributed by atoms with Crippen LogP contribution in [0.1, 0.15) is 26.3 Å². The number of halogens is 1. The topological polar surface area (TPSA) is 52.3 Å². The van der Waals surface area contributed by atoms with Gasteiger partial charge in [-0.25, -0.2) is 9.18 Å². The summed E-state index contributed by atoms with van der Waals surface area (Å²) < 4.78 is 18.5. The molecule has 3 nitrogen and oxygen atoms in total. The second-order valence-electron chi connectivity index (χ2n) is 4.62. The van der Waals surface area contributed by atoms with E-state index >= 15 is 0 Å². The minimum absolute atomic E-state index is 0.0522. The SMILES string of the molecule is CC(C)(C)OC(=O)/C=C/c1cccc(N)c1F. The highest BCUT2D eigenvalue weighted by Crippen LogP contribution is 2.16. The molecule has 0 saturated heterocycles. The smallest absolute Gasteiger partial charge is 0.331 e. The van der Waals surface area contributed by atoms with Crippen molar-refractivity contribution in [3.8, 4) is 0 Å². The molecule has 1 rings (SSSR count). The molecule has 0 saturated carbocycles. The van der Waals surface area contributed by atoms with Crippen LogP contribution in [0.15, 0.2) is 24.3 Å². The summed E-state index contributed by atoms with van der Waals surface area (Å²) in [6.07, 6.45) is 2.53. The number of hydrogen-bond donors (Lipinski definition) is 1. The number of carbonyl (C=O) groups excluding carboxylic acids is 1. The van der Waals surface area contributed by atoms with Crippen molar-refractivity contribution in [2.75, 3.05) is 5.73 Å². The van der Waals surface area contributed by atoms with Gasteiger partial charge < -0.3 is 10.5 Å². The third-order valence-corrected chi connectivity index (χ3v) is 1.86. The molecule has 0 heterocycles. The Morgan fingerprint density at radius 2 is 2.06 bits per heavy atom. The molecule has 0 aliphatic rings. The molecule has 0 aliphatic heterocycles. The molecule has 0 spiro atoms. The van der Waals surface area contributed by atoms with Crippen LogP contribution in [0.3, 0.4) is 0 Å². The van der Waals surface area contributed by atoms with Crippen LogP contribution in [0.4, 0.5) is 10.1 Å². The third-order valence-electron chi connectivity index (χ3n) is 1.86. The zero-order chi connectivity index (χ0) is 13.1. The van der Waals surface area contributed by atoms with Gasteiger partial charge in [0.15, 0.2) is 5.82 Å². The number of hydrogen-bond acceptors (Lipinski definition) is 3. The van der Waals surface area contributed by atoms with Crippen molar-refractivity contribution >= 4 is 17.7 Å². The maximum Gasteiger partial charge on any atom is 0.331 e. The van der Waals surface area contributed by atoms with Gasteiger partial charge in [-0.05, 0) is 32.9 Å². The lowest BCUT2D eigenvalue weighted by Crippen LogP contribution is -2.22. The standard InChI is InChI=1S/C13H16FNO2/c1-13(2,3)17-11(16)8-7-9-5-4-6-10(15)12(9)14/h4-8H,15H2,1-3H3/b8-7+. The average molecular weight is 237 g/mol. The number of esters is 1. The van der Waals surface area contributed by atoms with E-state index in [4.69, 9.17) is 10.5 Å². The molecule has 0 aromatic heterocycles. The predicted molar refractivity (Wildman–Crippen MR) is 65.7 cm³/mol. The molecule has 0 atom stereocenters. The Balaban J connectivity index is 2.78. The van der Waals surface area contributed by atoms with E-state index in [0.29, 0.717) is 0 Å². The first-order valence-electron chi connectivity index (χ1n) is 5.24. The minimum Gasteiger partial charge on any atom is -0.457 e. The van der Waals surface area contributed by atoms with Crippen LogP contribution in [0, 0.1) is 5.82 Å². The zero-order valence-electron chi connectivity index (χ0n) is 10.2. The van der Waals surface area contributed by atoms with Gasteiger partial charge in [0.2, 0.25) is 0 Å². The lowest BCUT2D eigenvalue weighted by Gasteiger charge is -2.17. The summed E-state index contributed by atoms with van der Waals surface area (Å²) in [5, 5.41) is 0. The highest BCUT2D eigenvalue weighted by atomic mass is 19.1. The molecule has 0 radical (unpaired) electrons. The summed E-state index contributed by atoms with van der Waals surface area (Å²) in [6.45, 7) is 5.29. The van der Waals surface area contributed by atoms with Crippen molar-refractivity contribution < 1.29 is 13.9 Å². The van der Waals surface area contributed by atoms with Crippen molar-refractivity contribution in [1.29, 1.82) is 0 Å². The number of benzene rings is 1. The number of ether oxygens (including phenoxy) is 1. The van der Waals surface area contributed by atoms with Gasteiger partial charge >= 0.3 is 5.97 Å². The number of nitrogen functional groups attached to an aromatic ring is 1. The van der Waals surface area contributed by atoms with Gasteiger partial charge in [0.25, 0.3) is 0 Å². The first-order valence-corrected chi connectivity index (χ1v) is 5.24. The van der Waals surface area contributed by atoms with E-state index < -0.39 is 17.4 Å². The molecule has 2 N–H and O–H groups in total. The maximum absolute atomic E-state index is 13.5. The van der Waals surface area contributed by atoms with Crippen molar-refractivity contribution in [3.63, 3.8) is 0 Å². The summed E-state index contributed by atoms with van der Waals surface area (Å²) in [5.41, 5.74) is 5.16. The molecule has 0 amide bonds. The van der Waals surface area contributed by atoms with Crippen LogP contribution in [-0.4, -0.2) is 11.6 Å². The Kier molecular flexibility index (Phi) is 3.89. The molecular weight excluding hydrogens is 221 g/mol. The summed E-state index contributed by atoms with van der Waals surface area (Å²) in [6, 6.07) is 4.61. The van der Waals surface area contributed by atoms with Crippen LogP contribution >= 0.6 is 0 Å². The fourth-order valence-corrected chi connectivity index (χ4v) is 1.19. The van der Waals surface area contributed by atoms with Crippen LogP contribution in [0.5, 0.6) is 0 Å². The highest BCUT2D eigenvalue weighted by Gasteiger charge is 2.14. The van der Waals surface area contributed by atoms with E-state index in [0.717, 1.165) is 0 Å². The lowest BCUT2D eigenvalue weighted by molar-refractivity contribution is -0.148. The van der Waals surface area contributed by atoms with Crippen molar-refractivity contribution in [1.82, 2.24) is 0 Å². The van der Waals surface area contributed by atoms with Gasteiger partial charge in [-0.15, -0.1) is 0 Å². The van der Waals surface area contributed by atoms with E-state index in [1.54, 1.807) is 26.8 Å². The average Bonchev–Trinajstić information content (AvgIpc) is 2.18. The number of anilines is 1. The number of rotatable bonds is 2. The van der Waals surface area contributed by atoms with E-state index in [1.807, 2.05) is 0 Å². The van der Waals surface area contributed by atoms with Gasteiger partial charge in [0, 0.05) is 11.6 Å². The normalized spacial score (nSPS) is 11.8. The van der Waals surface area contributed by atoms with Gasteiger partial charge in [0.1, 0.15) is 5.60 Å². The predicted octanol–water partition coefficient (Wildman–Crippen LogP) is 2.76. The number of nitrogens with two attached hydrogens (primary N) is 1. The molecule has 1 aromatic carbocycles. The number of carbonyl (C=O) groups is 1. The quantitative estimate of drug-likeness (QED) is 0.489. The van der Waals surface area contributed by atoms with E-state index in [2.05, 4.69) is 0 Å². The van der Waals surface area contributed by atoms with Crippen molar-refractivity contribution in [3.05, 3.63) is 35.7 Å². The molecule has 0 fully saturated rings. The first kappa shape index (κ1) is 13.2. The molecule has 17 heavy (non-hydrogen) atoms. The van der Waals surface area contributed by atoms with Crippen LogP contribution in [-0.2, 0) is 9.53 Å². The van der Waals surface area contributed by atoms with E-state index in [9.17, 15) is 9.18 Å². The summed E-state index contributed by atoms with van der Waals surface area (Å²) in [4.78, 5) is 11.4. The second-order valence-corrected chi connectivity index (χ2v) is 4.62. The van der Waals surface area contributed by atoms with Gasteiger partial charge in [-0.1, -0.05) is 12.1 Å². The Morgan fingerprint density at radius 1 is 1.41 bits per heavy atom. The van der Waals surface area contributed by atoms with Crippen molar-refractivity contribution in [2.45, 2.75) is 26.4 Å². The van der Waals surface area contributed by atoms with Gasteiger partial charge in [0.05, 0.1) is 5.69 Å². The molecule has 0 unspecified atom stereocenters. The largest absolute Gasteiger partial charge is 0.457 e. The van der Waals surface area contributed by atoms with Crippen LogP contribution in [0.2, 0.25) is 0 Å². The maximum atomic E-state index is 13.5. The van der Waals surface area contributed by atoms with Crippen LogP contribution in [0.25, 0.3) is 6.08 Å².